The van der Waals surface area contributed by atoms with E-state index in [4.69, 9.17) is 9.84 Å². The van der Waals surface area contributed by atoms with Gasteiger partial charge < -0.3 is 20.3 Å². The summed E-state index contributed by atoms with van der Waals surface area (Å²) in [7, 11) is 0. The fourth-order valence-corrected chi connectivity index (χ4v) is 3.32. The van der Waals surface area contributed by atoms with Crippen molar-refractivity contribution in [3.8, 4) is 5.75 Å². The zero-order chi connectivity index (χ0) is 16.5. The van der Waals surface area contributed by atoms with Crippen LogP contribution >= 0.6 is 0 Å². The zero-order valence-electron chi connectivity index (χ0n) is 14.2. The van der Waals surface area contributed by atoms with Gasteiger partial charge in [0.25, 0.3) is 0 Å². The van der Waals surface area contributed by atoms with Crippen LogP contribution in [0.4, 0.5) is 0 Å². The Morgan fingerprint density at radius 3 is 2.70 bits per heavy atom. The summed E-state index contributed by atoms with van der Waals surface area (Å²) in [6.07, 6.45) is 7.36. The summed E-state index contributed by atoms with van der Waals surface area (Å²) in [6.45, 7) is 2.86. The van der Waals surface area contributed by atoms with Gasteiger partial charge in [-0.1, -0.05) is 50.3 Å². The molecule has 1 aromatic carbocycles. The third-order valence-electron chi connectivity index (χ3n) is 4.67. The number of aliphatic hydroxyl groups excluding tert-OH is 2. The second kappa shape index (κ2) is 9.91. The van der Waals surface area contributed by atoms with Gasteiger partial charge in [-0.2, -0.15) is 0 Å². The second-order valence-corrected chi connectivity index (χ2v) is 6.78. The fraction of sp³-hybridized carbons (Fsp3) is 0.684. The molecule has 1 aromatic rings. The van der Waals surface area contributed by atoms with Crippen LogP contribution in [0.15, 0.2) is 24.3 Å². The molecule has 1 aliphatic carbocycles. The van der Waals surface area contributed by atoms with Crippen molar-refractivity contribution in [2.45, 2.75) is 64.1 Å². The number of nitrogens with one attached hydrogen (secondary N) is 1. The van der Waals surface area contributed by atoms with Crippen molar-refractivity contribution in [1.29, 1.82) is 0 Å². The Labute approximate surface area is 139 Å². The Kier molecular flexibility index (Phi) is 7.86. The molecule has 1 aliphatic rings. The van der Waals surface area contributed by atoms with E-state index in [1.807, 2.05) is 24.3 Å². The molecule has 0 aliphatic heterocycles. The smallest absolute Gasteiger partial charge is 0.123 e. The van der Waals surface area contributed by atoms with Crippen LogP contribution < -0.4 is 10.1 Å². The monoisotopic (exact) mass is 321 g/mol. The first kappa shape index (κ1) is 18.2. The first-order chi connectivity index (χ1) is 11.2. The summed E-state index contributed by atoms with van der Waals surface area (Å²) >= 11 is 0. The van der Waals surface area contributed by atoms with Gasteiger partial charge >= 0.3 is 0 Å². The third kappa shape index (κ3) is 6.50. The average Bonchev–Trinajstić information content (AvgIpc) is 2.59. The summed E-state index contributed by atoms with van der Waals surface area (Å²) in [6, 6.07) is 8.37. The summed E-state index contributed by atoms with van der Waals surface area (Å²) in [5.41, 5.74) is 1.09. The highest BCUT2D eigenvalue weighted by Crippen LogP contribution is 2.27. The van der Waals surface area contributed by atoms with Crippen LogP contribution in [-0.2, 0) is 6.54 Å². The molecular formula is C19H31NO3. The fourth-order valence-electron chi connectivity index (χ4n) is 3.32. The van der Waals surface area contributed by atoms with E-state index in [1.54, 1.807) is 0 Å². The lowest BCUT2D eigenvalue weighted by molar-refractivity contribution is 0.0532. The lowest BCUT2D eigenvalue weighted by Gasteiger charge is -2.25. The highest BCUT2D eigenvalue weighted by molar-refractivity contribution is 5.33. The van der Waals surface area contributed by atoms with Crippen molar-refractivity contribution in [1.82, 2.24) is 5.32 Å². The van der Waals surface area contributed by atoms with Crippen molar-refractivity contribution in [2.24, 2.45) is 5.92 Å². The molecule has 0 heterocycles. The van der Waals surface area contributed by atoms with E-state index in [0.717, 1.165) is 23.8 Å². The lowest BCUT2D eigenvalue weighted by atomic mass is 9.85. The zero-order valence-corrected chi connectivity index (χ0v) is 14.2. The van der Waals surface area contributed by atoms with E-state index in [1.165, 1.54) is 38.5 Å². The van der Waals surface area contributed by atoms with E-state index in [9.17, 15) is 5.11 Å². The molecule has 2 rings (SSSR count). The normalized spacial score (nSPS) is 18.6. The van der Waals surface area contributed by atoms with Crippen LogP contribution in [0.5, 0.6) is 5.75 Å². The molecule has 3 N–H and O–H groups in total. The molecule has 2 atom stereocenters. The number of rotatable bonds is 9. The molecule has 0 radical (unpaired) electrons. The van der Waals surface area contributed by atoms with Crippen molar-refractivity contribution in [2.75, 3.05) is 13.2 Å². The maximum Gasteiger partial charge on any atom is 0.123 e. The Morgan fingerprint density at radius 2 is 1.96 bits per heavy atom. The van der Waals surface area contributed by atoms with E-state index >= 15 is 0 Å². The van der Waals surface area contributed by atoms with Crippen LogP contribution in [0.25, 0.3) is 0 Å². The molecule has 23 heavy (non-hydrogen) atoms. The minimum Gasteiger partial charge on any atom is -0.490 e. The van der Waals surface area contributed by atoms with Crippen molar-refractivity contribution >= 4 is 0 Å². The summed E-state index contributed by atoms with van der Waals surface area (Å²) in [4.78, 5) is 0. The third-order valence-corrected chi connectivity index (χ3v) is 4.67. The van der Waals surface area contributed by atoms with Crippen molar-refractivity contribution in [3.63, 3.8) is 0 Å². The van der Waals surface area contributed by atoms with E-state index < -0.39 is 6.10 Å². The van der Waals surface area contributed by atoms with Gasteiger partial charge in [-0.15, -0.1) is 0 Å². The Bertz CT molecular complexity index is 446. The molecule has 1 fully saturated rings. The predicted molar refractivity (Wildman–Crippen MR) is 92.5 cm³/mol. The molecule has 0 aromatic heterocycles. The summed E-state index contributed by atoms with van der Waals surface area (Å²) in [5.74, 6) is 1.65. The highest BCUT2D eigenvalue weighted by atomic mass is 16.5. The number of benzene rings is 1. The number of hydrogen-bond donors (Lipinski definition) is 3. The molecule has 0 saturated heterocycles. The molecule has 0 spiro atoms. The quantitative estimate of drug-likeness (QED) is 0.654. The van der Waals surface area contributed by atoms with Crippen LogP contribution in [0.3, 0.4) is 0 Å². The Balaban J connectivity index is 1.79. The summed E-state index contributed by atoms with van der Waals surface area (Å²) < 4.78 is 5.62. The predicted octanol–water partition coefficient (Wildman–Crippen LogP) is 2.87. The maximum absolute atomic E-state index is 9.42. The minimum absolute atomic E-state index is 0.116. The molecule has 4 heteroatoms. The van der Waals surface area contributed by atoms with Crippen molar-refractivity contribution < 1.29 is 14.9 Å². The van der Waals surface area contributed by atoms with Crippen LogP contribution in [-0.4, -0.2) is 35.6 Å². The van der Waals surface area contributed by atoms with E-state index in [2.05, 4.69) is 12.2 Å². The van der Waals surface area contributed by atoms with Crippen LogP contribution in [0, 0.1) is 5.92 Å². The van der Waals surface area contributed by atoms with E-state index in [0.29, 0.717) is 6.04 Å². The largest absolute Gasteiger partial charge is 0.490 e. The number of aliphatic hydroxyl groups is 2. The summed E-state index contributed by atoms with van der Waals surface area (Å²) in [5, 5.41) is 21.9. The molecule has 4 nitrogen and oxygen atoms in total. The molecule has 1 saturated carbocycles. The Morgan fingerprint density at radius 1 is 1.22 bits per heavy atom. The number of hydrogen-bond acceptors (Lipinski definition) is 4. The maximum atomic E-state index is 9.42. The van der Waals surface area contributed by atoms with Crippen molar-refractivity contribution in [3.05, 3.63) is 29.8 Å². The van der Waals surface area contributed by atoms with Gasteiger partial charge in [0, 0.05) is 18.2 Å². The first-order valence-electron chi connectivity index (χ1n) is 8.92. The van der Waals surface area contributed by atoms with Gasteiger partial charge in [0.05, 0.1) is 6.61 Å². The number of para-hydroxylation sites is 1. The molecular weight excluding hydrogens is 290 g/mol. The highest BCUT2D eigenvalue weighted by Gasteiger charge is 2.16. The Hall–Kier alpha value is -1.10. The topological polar surface area (TPSA) is 61.7 Å². The van der Waals surface area contributed by atoms with Crippen LogP contribution in [0.2, 0.25) is 0 Å². The van der Waals surface area contributed by atoms with Crippen LogP contribution in [0.1, 0.15) is 51.0 Å². The first-order valence-corrected chi connectivity index (χ1v) is 8.92. The molecule has 130 valence electrons. The van der Waals surface area contributed by atoms with Gasteiger partial charge in [0.15, 0.2) is 0 Å². The molecule has 0 bridgehead atoms. The minimum atomic E-state index is -0.832. The standard InChI is InChI=1S/C19H31NO3/c1-15(11-16-7-3-2-4-8-16)20-12-17-9-5-6-10-19(17)23-14-18(22)13-21/h5-6,9-10,15-16,18,20-22H,2-4,7-8,11-14H2,1H3/t15?,18-/m0/s1. The van der Waals surface area contributed by atoms with Gasteiger partial charge in [0.2, 0.25) is 0 Å². The van der Waals surface area contributed by atoms with Gasteiger partial charge in [-0.05, 0) is 25.3 Å². The van der Waals surface area contributed by atoms with Gasteiger partial charge in [0.1, 0.15) is 18.5 Å². The van der Waals surface area contributed by atoms with Gasteiger partial charge in [-0.3, -0.25) is 0 Å². The van der Waals surface area contributed by atoms with E-state index in [-0.39, 0.29) is 13.2 Å². The molecule has 1 unspecified atom stereocenters. The second-order valence-electron chi connectivity index (χ2n) is 6.78. The SMILES string of the molecule is CC(CC1CCCCC1)NCc1ccccc1OC[C@@H](O)CO. The lowest BCUT2D eigenvalue weighted by Crippen LogP contribution is -2.29. The average molecular weight is 321 g/mol. The van der Waals surface area contributed by atoms with Gasteiger partial charge in [-0.25, -0.2) is 0 Å². The number of ether oxygens (including phenoxy) is 1. The molecule has 0 amide bonds.